The van der Waals surface area contributed by atoms with E-state index in [1.807, 2.05) is 11.3 Å². The average molecular weight is 297 g/mol. The summed E-state index contributed by atoms with van der Waals surface area (Å²) in [7, 11) is 1.74. The Kier molecular flexibility index (Phi) is 6.26. The Bertz CT molecular complexity index is 408. The van der Waals surface area contributed by atoms with Crippen molar-refractivity contribution in [3.8, 4) is 0 Å². The molecule has 114 valence electrons. The number of nitrogens with zero attached hydrogens (tertiary/aromatic N) is 2. The number of methoxy groups -OCH3 is 1. The molecule has 1 fully saturated rings. The Morgan fingerprint density at radius 1 is 1.50 bits per heavy atom. The molecule has 0 bridgehead atoms. The van der Waals surface area contributed by atoms with Crippen LogP contribution in [0.15, 0.2) is 0 Å². The molecular weight excluding hydrogens is 270 g/mol. The van der Waals surface area contributed by atoms with Crippen molar-refractivity contribution < 1.29 is 4.74 Å². The fraction of sp³-hybridized carbons (Fsp3) is 0.800. The third-order valence-corrected chi connectivity index (χ3v) is 4.85. The van der Waals surface area contributed by atoms with E-state index in [1.54, 1.807) is 7.11 Å². The lowest BCUT2D eigenvalue weighted by Gasteiger charge is -2.30. The number of hydrogen-bond acceptors (Lipinski definition) is 5. The topological polar surface area (TPSA) is 37.4 Å². The Hall–Kier alpha value is -0.650. The largest absolute Gasteiger partial charge is 0.378 e. The SMILES string of the molecule is CCCNCc1sc(N2CCCC(C)C2)nc1COC. The van der Waals surface area contributed by atoms with Crippen LogP contribution in [0.2, 0.25) is 0 Å². The molecule has 20 heavy (non-hydrogen) atoms. The van der Waals surface area contributed by atoms with Crippen LogP contribution in [0.4, 0.5) is 5.13 Å². The number of aromatic nitrogens is 1. The van der Waals surface area contributed by atoms with Gasteiger partial charge in [0.1, 0.15) is 0 Å². The Morgan fingerprint density at radius 3 is 3.05 bits per heavy atom. The summed E-state index contributed by atoms with van der Waals surface area (Å²) < 4.78 is 5.29. The van der Waals surface area contributed by atoms with E-state index in [0.717, 1.165) is 44.2 Å². The molecule has 4 nitrogen and oxygen atoms in total. The van der Waals surface area contributed by atoms with Crippen LogP contribution in [0.1, 0.15) is 43.7 Å². The Morgan fingerprint density at radius 2 is 2.35 bits per heavy atom. The standard InChI is InChI=1S/C15H27N3OS/c1-4-7-16-9-14-13(11-19-3)17-15(20-14)18-8-5-6-12(2)10-18/h12,16H,4-11H2,1-3H3. The van der Waals surface area contributed by atoms with Crippen molar-refractivity contribution in [1.82, 2.24) is 10.3 Å². The van der Waals surface area contributed by atoms with Gasteiger partial charge in [-0.1, -0.05) is 13.8 Å². The van der Waals surface area contributed by atoms with Crippen molar-refractivity contribution >= 4 is 16.5 Å². The zero-order valence-corrected chi connectivity index (χ0v) is 13.8. The minimum atomic E-state index is 0.614. The van der Waals surface area contributed by atoms with Gasteiger partial charge in [-0.15, -0.1) is 11.3 Å². The summed E-state index contributed by atoms with van der Waals surface area (Å²) in [6.07, 6.45) is 3.79. The molecule has 0 aliphatic carbocycles. The van der Waals surface area contributed by atoms with Gasteiger partial charge in [0.2, 0.25) is 0 Å². The van der Waals surface area contributed by atoms with Crippen LogP contribution in [0, 0.1) is 5.92 Å². The van der Waals surface area contributed by atoms with Gasteiger partial charge in [0.05, 0.1) is 12.3 Å². The van der Waals surface area contributed by atoms with E-state index < -0.39 is 0 Å². The molecule has 1 aromatic heterocycles. The number of hydrogen-bond donors (Lipinski definition) is 1. The van der Waals surface area contributed by atoms with Crippen molar-refractivity contribution in [2.24, 2.45) is 5.92 Å². The van der Waals surface area contributed by atoms with E-state index in [2.05, 4.69) is 24.1 Å². The molecule has 0 spiro atoms. The van der Waals surface area contributed by atoms with Crippen LogP contribution in [-0.2, 0) is 17.9 Å². The summed E-state index contributed by atoms with van der Waals surface area (Å²) in [5.41, 5.74) is 1.11. The van der Waals surface area contributed by atoms with Gasteiger partial charge in [0.15, 0.2) is 5.13 Å². The van der Waals surface area contributed by atoms with E-state index in [0.29, 0.717) is 6.61 Å². The first-order chi connectivity index (χ1) is 9.74. The van der Waals surface area contributed by atoms with E-state index in [4.69, 9.17) is 9.72 Å². The lowest BCUT2D eigenvalue weighted by molar-refractivity contribution is 0.181. The number of ether oxygens (including phenoxy) is 1. The molecule has 0 saturated carbocycles. The van der Waals surface area contributed by atoms with Gasteiger partial charge < -0.3 is 15.0 Å². The molecule has 1 unspecified atom stereocenters. The second-order valence-corrected chi connectivity index (χ2v) is 6.73. The molecule has 1 aliphatic rings. The van der Waals surface area contributed by atoms with Gasteiger partial charge in [-0.2, -0.15) is 0 Å². The molecule has 1 saturated heterocycles. The average Bonchev–Trinajstić information content (AvgIpc) is 2.83. The molecule has 1 aliphatic heterocycles. The van der Waals surface area contributed by atoms with Gasteiger partial charge in [-0.25, -0.2) is 4.98 Å². The maximum absolute atomic E-state index is 5.29. The molecular formula is C15H27N3OS. The van der Waals surface area contributed by atoms with Gasteiger partial charge in [-0.3, -0.25) is 0 Å². The number of nitrogens with one attached hydrogen (secondary N) is 1. The van der Waals surface area contributed by atoms with Gasteiger partial charge >= 0.3 is 0 Å². The third-order valence-electron chi connectivity index (χ3n) is 3.69. The number of anilines is 1. The maximum Gasteiger partial charge on any atom is 0.185 e. The Labute approximate surface area is 126 Å². The predicted molar refractivity (Wildman–Crippen MR) is 85.4 cm³/mol. The zero-order chi connectivity index (χ0) is 14.4. The Balaban J connectivity index is 2.06. The van der Waals surface area contributed by atoms with Crippen LogP contribution in [0.25, 0.3) is 0 Å². The monoisotopic (exact) mass is 297 g/mol. The summed E-state index contributed by atoms with van der Waals surface area (Å²) >= 11 is 1.83. The number of thiazole rings is 1. The van der Waals surface area contributed by atoms with Crippen LogP contribution < -0.4 is 10.2 Å². The smallest absolute Gasteiger partial charge is 0.185 e. The first kappa shape index (κ1) is 15.7. The van der Waals surface area contributed by atoms with E-state index in [1.165, 1.54) is 22.9 Å². The van der Waals surface area contributed by atoms with Crippen LogP contribution in [0.5, 0.6) is 0 Å². The fourth-order valence-corrected chi connectivity index (χ4v) is 3.70. The van der Waals surface area contributed by atoms with Crippen LogP contribution in [-0.4, -0.2) is 31.7 Å². The second-order valence-electron chi connectivity index (χ2n) is 5.67. The highest BCUT2D eigenvalue weighted by Crippen LogP contribution is 2.30. The molecule has 5 heteroatoms. The third kappa shape index (κ3) is 4.17. The van der Waals surface area contributed by atoms with E-state index in [9.17, 15) is 0 Å². The molecule has 1 atom stereocenters. The minimum absolute atomic E-state index is 0.614. The molecule has 0 radical (unpaired) electrons. The molecule has 0 amide bonds. The summed E-state index contributed by atoms with van der Waals surface area (Å²) in [5.74, 6) is 0.778. The number of piperidine rings is 1. The highest BCUT2D eigenvalue weighted by Gasteiger charge is 2.21. The normalized spacial score (nSPS) is 19.6. The summed E-state index contributed by atoms with van der Waals surface area (Å²) in [4.78, 5) is 8.59. The zero-order valence-electron chi connectivity index (χ0n) is 12.9. The molecule has 1 N–H and O–H groups in total. The quantitative estimate of drug-likeness (QED) is 0.785. The van der Waals surface area contributed by atoms with E-state index >= 15 is 0 Å². The van der Waals surface area contributed by atoms with Crippen molar-refractivity contribution in [1.29, 1.82) is 0 Å². The van der Waals surface area contributed by atoms with Gasteiger partial charge in [0, 0.05) is 31.6 Å². The minimum Gasteiger partial charge on any atom is -0.378 e. The maximum atomic E-state index is 5.29. The van der Waals surface area contributed by atoms with Crippen molar-refractivity contribution in [3.05, 3.63) is 10.6 Å². The van der Waals surface area contributed by atoms with Crippen LogP contribution in [0.3, 0.4) is 0 Å². The summed E-state index contributed by atoms with van der Waals surface area (Å²) in [6.45, 7) is 9.39. The lowest BCUT2D eigenvalue weighted by Crippen LogP contribution is -2.34. The van der Waals surface area contributed by atoms with Gasteiger partial charge in [-0.05, 0) is 31.7 Å². The number of rotatable bonds is 7. The van der Waals surface area contributed by atoms with Crippen molar-refractivity contribution in [3.63, 3.8) is 0 Å². The van der Waals surface area contributed by atoms with Crippen LogP contribution >= 0.6 is 11.3 Å². The van der Waals surface area contributed by atoms with Crippen molar-refractivity contribution in [2.75, 3.05) is 31.6 Å². The highest BCUT2D eigenvalue weighted by atomic mass is 32.1. The first-order valence-corrected chi connectivity index (χ1v) is 8.49. The molecule has 1 aromatic rings. The molecule has 2 heterocycles. The fourth-order valence-electron chi connectivity index (χ4n) is 2.63. The second kappa shape index (κ2) is 7.96. The summed E-state index contributed by atoms with van der Waals surface area (Å²) in [6, 6.07) is 0. The van der Waals surface area contributed by atoms with Crippen molar-refractivity contribution in [2.45, 2.75) is 46.3 Å². The first-order valence-electron chi connectivity index (χ1n) is 7.67. The lowest BCUT2D eigenvalue weighted by atomic mass is 10.0. The summed E-state index contributed by atoms with van der Waals surface area (Å²) in [5, 5.41) is 4.65. The molecule has 0 aromatic carbocycles. The van der Waals surface area contributed by atoms with E-state index in [-0.39, 0.29) is 0 Å². The van der Waals surface area contributed by atoms with Gasteiger partial charge in [0.25, 0.3) is 0 Å². The predicted octanol–water partition coefficient (Wildman–Crippen LogP) is 3.03. The highest BCUT2D eigenvalue weighted by molar-refractivity contribution is 7.15. The molecule has 2 rings (SSSR count).